The zero-order valence-electron chi connectivity index (χ0n) is 13.2. The van der Waals surface area contributed by atoms with Crippen LogP contribution in [0.1, 0.15) is 38.0 Å². The van der Waals surface area contributed by atoms with E-state index in [0.717, 1.165) is 42.8 Å². The van der Waals surface area contributed by atoms with E-state index in [1.807, 2.05) is 29.2 Å². The van der Waals surface area contributed by atoms with Crippen LogP contribution in [0.25, 0.3) is 11.1 Å². The summed E-state index contributed by atoms with van der Waals surface area (Å²) >= 11 is 0. The normalized spacial score (nSPS) is 24.1. The van der Waals surface area contributed by atoms with Crippen LogP contribution in [0.2, 0.25) is 0 Å². The molecule has 1 aliphatic heterocycles. The molecule has 0 N–H and O–H groups in total. The molecule has 0 bridgehead atoms. The van der Waals surface area contributed by atoms with Crippen LogP contribution in [0, 0.1) is 0 Å². The van der Waals surface area contributed by atoms with Crippen LogP contribution in [0.4, 0.5) is 0 Å². The summed E-state index contributed by atoms with van der Waals surface area (Å²) in [6.45, 7) is 1.42. The lowest BCUT2D eigenvalue weighted by molar-refractivity contribution is -0.144. The predicted molar refractivity (Wildman–Crippen MR) is 86.0 cm³/mol. The number of aryl methyl sites for hydroxylation is 1. The van der Waals surface area contributed by atoms with Crippen LogP contribution < -0.4 is 0 Å². The van der Waals surface area contributed by atoms with Crippen molar-refractivity contribution in [1.29, 1.82) is 0 Å². The lowest BCUT2D eigenvalue weighted by atomic mass is 10.1. The molecule has 5 heteroatoms. The molecular weight excluding hydrogens is 292 g/mol. The number of amides is 1. The number of benzene rings is 1. The van der Waals surface area contributed by atoms with Crippen molar-refractivity contribution in [2.24, 2.45) is 0 Å². The summed E-state index contributed by atoms with van der Waals surface area (Å²) in [7, 11) is 0. The molecule has 4 rings (SSSR count). The van der Waals surface area contributed by atoms with E-state index in [0.29, 0.717) is 25.5 Å². The summed E-state index contributed by atoms with van der Waals surface area (Å²) in [5.74, 6) is 0.973. The van der Waals surface area contributed by atoms with Crippen molar-refractivity contribution < 1.29 is 13.9 Å². The van der Waals surface area contributed by atoms with E-state index >= 15 is 0 Å². The van der Waals surface area contributed by atoms with Gasteiger partial charge in [-0.2, -0.15) is 0 Å². The molecule has 1 saturated heterocycles. The van der Waals surface area contributed by atoms with Crippen molar-refractivity contribution in [3.8, 4) is 0 Å². The second kappa shape index (κ2) is 6.32. The molecule has 2 aromatic rings. The monoisotopic (exact) mass is 314 g/mol. The molecule has 23 heavy (non-hydrogen) atoms. The van der Waals surface area contributed by atoms with Crippen LogP contribution in [0.5, 0.6) is 0 Å². The van der Waals surface area contributed by atoms with Gasteiger partial charge in [-0.05, 0) is 37.8 Å². The Kier molecular flexibility index (Phi) is 4.04. The second-order valence-corrected chi connectivity index (χ2v) is 6.42. The Morgan fingerprint density at radius 3 is 3.13 bits per heavy atom. The van der Waals surface area contributed by atoms with Crippen LogP contribution in [-0.4, -0.2) is 41.1 Å². The maximum Gasteiger partial charge on any atom is 0.223 e. The highest BCUT2D eigenvalue weighted by Gasteiger charge is 2.37. The number of para-hydroxylation sites is 2. The van der Waals surface area contributed by atoms with Crippen molar-refractivity contribution >= 4 is 17.0 Å². The summed E-state index contributed by atoms with van der Waals surface area (Å²) in [5, 5.41) is 0. The minimum absolute atomic E-state index is 0.251. The lowest BCUT2D eigenvalue weighted by Crippen LogP contribution is -2.51. The summed E-state index contributed by atoms with van der Waals surface area (Å²) in [5.41, 5.74) is 1.70. The predicted octanol–water partition coefficient (Wildman–Crippen LogP) is 2.93. The fourth-order valence-corrected chi connectivity index (χ4v) is 3.80. The average molecular weight is 314 g/mol. The maximum atomic E-state index is 12.5. The number of aromatic nitrogens is 1. The second-order valence-electron chi connectivity index (χ2n) is 6.42. The number of ether oxygens (including phenoxy) is 1. The third-order valence-electron chi connectivity index (χ3n) is 4.92. The molecule has 122 valence electrons. The van der Waals surface area contributed by atoms with Gasteiger partial charge in [0, 0.05) is 19.4 Å². The van der Waals surface area contributed by atoms with Crippen molar-refractivity contribution in [2.75, 3.05) is 13.2 Å². The molecule has 2 aliphatic rings. The van der Waals surface area contributed by atoms with E-state index in [1.54, 1.807) is 0 Å². The minimum atomic E-state index is 0.251. The first-order valence-electron chi connectivity index (χ1n) is 8.57. The molecule has 1 aliphatic carbocycles. The minimum Gasteiger partial charge on any atom is -0.441 e. The van der Waals surface area contributed by atoms with Crippen LogP contribution >= 0.6 is 0 Å². The highest BCUT2D eigenvalue weighted by atomic mass is 16.5. The average Bonchev–Trinajstić information content (AvgIpc) is 3.20. The number of rotatable bonds is 4. The Morgan fingerprint density at radius 1 is 1.30 bits per heavy atom. The Morgan fingerprint density at radius 2 is 2.22 bits per heavy atom. The summed E-state index contributed by atoms with van der Waals surface area (Å²) in [6, 6.07) is 8.07. The molecule has 2 atom stereocenters. The maximum absolute atomic E-state index is 12.5. The van der Waals surface area contributed by atoms with Gasteiger partial charge in [-0.3, -0.25) is 4.79 Å². The smallest absolute Gasteiger partial charge is 0.223 e. The molecule has 1 saturated carbocycles. The number of carbonyl (C=O) groups is 1. The zero-order chi connectivity index (χ0) is 15.6. The molecule has 1 aromatic carbocycles. The van der Waals surface area contributed by atoms with E-state index in [1.165, 1.54) is 6.42 Å². The Labute approximate surface area is 135 Å². The number of carbonyl (C=O) groups excluding carboxylic acids is 1. The van der Waals surface area contributed by atoms with Crippen molar-refractivity contribution in [3.05, 3.63) is 30.2 Å². The molecule has 0 spiro atoms. The lowest BCUT2D eigenvalue weighted by Gasteiger charge is -2.37. The van der Waals surface area contributed by atoms with Crippen molar-refractivity contribution in [1.82, 2.24) is 9.88 Å². The van der Waals surface area contributed by atoms with Crippen molar-refractivity contribution in [3.63, 3.8) is 0 Å². The van der Waals surface area contributed by atoms with E-state index in [-0.39, 0.29) is 12.0 Å². The van der Waals surface area contributed by atoms with Gasteiger partial charge in [0.25, 0.3) is 0 Å². The zero-order valence-corrected chi connectivity index (χ0v) is 13.2. The third-order valence-corrected chi connectivity index (χ3v) is 4.92. The van der Waals surface area contributed by atoms with E-state index in [9.17, 15) is 4.79 Å². The fourth-order valence-electron chi connectivity index (χ4n) is 3.80. The summed E-state index contributed by atoms with van der Waals surface area (Å²) in [6.07, 6.45) is 5.66. The van der Waals surface area contributed by atoms with Crippen LogP contribution in [-0.2, 0) is 16.0 Å². The van der Waals surface area contributed by atoms with Gasteiger partial charge < -0.3 is 14.1 Å². The number of hydrogen-bond donors (Lipinski definition) is 0. The van der Waals surface area contributed by atoms with Gasteiger partial charge in [-0.1, -0.05) is 12.1 Å². The first kappa shape index (κ1) is 14.7. The molecule has 1 aromatic heterocycles. The van der Waals surface area contributed by atoms with Gasteiger partial charge in [-0.15, -0.1) is 0 Å². The molecular formula is C18H22N2O3. The Bertz CT molecular complexity index is 663. The Hall–Kier alpha value is -1.88. The van der Waals surface area contributed by atoms with Crippen LogP contribution in [0.3, 0.4) is 0 Å². The highest BCUT2D eigenvalue weighted by molar-refractivity contribution is 5.77. The SMILES string of the molecule is O=C(CCCc1nc2ccccc2o1)N1CCO[C@H]2CCC[C@H]21. The summed E-state index contributed by atoms with van der Waals surface area (Å²) in [4.78, 5) is 19.0. The van der Waals surface area contributed by atoms with Crippen LogP contribution in [0.15, 0.2) is 28.7 Å². The van der Waals surface area contributed by atoms with E-state index in [4.69, 9.17) is 9.15 Å². The largest absolute Gasteiger partial charge is 0.441 e. The Balaban J connectivity index is 1.32. The van der Waals surface area contributed by atoms with Gasteiger partial charge in [0.05, 0.1) is 18.8 Å². The molecule has 1 amide bonds. The fraction of sp³-hybridized carbons (Fsp3) is 0.556. The van der Waals surface area contributed by atoms with Gasteiger partial charge in [-0.25, -0.2) is 4.98 Å². The number of oxazole rings is 1. The van der Waals surface area contributed by atoms with Gasteiger partial charge in [0.1, 0.15) is 5.52 Å². The standard InChI is InChI=1S/C18H22N2O3/c21-18(20-11-12-22-16-8-3-6-14(16)20)10-4-9-17-19-13-5-1-2-7-15(13)23-17/h1-2,5,7,14,16H,3-4,6,8-12H2/t14-,16+/m1/s1. The molecule has 2 heterocycles. The van der Waals surface area contributed by atoms with Crippen molar-refractivity contribution in [2.45, 2.75) is 50.7 Å². The van der Waals surface area contributed by atoms with E-state index in [2.05, 4.69) is 4.98 Å². The third kappa shape index (κ3) is 2.98. The van der Waals surface area contributed by atoms with Gasteiger partial charge in [0.15, 0.2) is 11.5 Å². The molecule has 5 nitrogen and oxygen atoms in total. The molecule has 0 radical (unpaired) electrons. The van der Waals surface area contributed by atoms with E-state index < -0.39 is 0 Å². The number of fused-ring (bicyclic) bond motifs is 2. The molecule has 2 fully saturated rings. The first-order chi connectivity index (χ1) is 11.3. The topological polar surface area (TPSA) is 55.6 Å². The number of hydrogen-bond acceptors (Lipinski definition) is 4. The summed E-state index contributed by atoms with van der Waals surface area (Å²) < 4.78 is 11.5. The highest BCUT2D eigenvalue weighted by Crippen LogP contribution is 2.30. The molecule has 0 unspecified atom stereocenters. The number of morpholine rings is 1. The number of nitrogens with zero attached hydrogens (tertiary/aromatic N) is 2. The van der Waals surface area contributed by atoms with Gasteiger partial charge in [0.2, 0.25) is 5.91 Å². The first-order valence-corrected chi connectivity index (χ1v) is 8.57. The van der Waals surface area contributed by atoms with Gasteiger partial charge >= 0.3 is 0 Å². The quantitative estimate of drug-likeness (QED) is 0.870.